The third-order valence-electron chi connectivity index (χ3n) is 5.27. The van der Waals surface area contributed by atoms with Crippen LogP contribution in [0.25, 0.3) is 16.4 Å². The van der Waals surface area contributed by atoms with Gasteiger partial charge in [-0.05, 0) is 54.8 Å². The van der Waals surface area contributed by atoms with E-state index >= 15 is 0 Å². The fourth-order valence-corrected chi connectivity index (χ4v) is 4.14. The Labute approximate surface area is 206 Å². The molecule has 2 heterocycles. The molecule has 2 aromatic carbocycles. The molecule has 3 N–H and O–H groups in total. The Hall–Kier alpha value is -4.31. The van der Waals surface area contributed by atoms with Crippen LogP contribution in [-0.4, -0.2) is 50.5 Å². The maximum atomic E-state index is 13.2. The van der Waals surface area contributed by atoms with E-state index in [1.54, 1.807) is 33.8 Å². The highest BCUT2D eigenvalue weighted by molar-refractivity contribution is 7.13. The van der Waals surface area contributed by atoms with Gasteiger partial charge in [0.25, 0.3) is 5.91 Å². The molecule has 0 saturated carbocycles. The van der Waals surface area contributed by atoms with E-state index in [2.05, 4.69) is 15.4 Å². The van der Waals surface area contributed by atoms with E-state index < -0.39 is 5.91 Å². The van der Waals surface area contributed by atoms with Gasteiger partial charge in [0.1, 0.15) is 0 Å². The highest BCUT2D eigenvalue weighted by Crippen LogP contribution is 2.25. The molecule has 2 aromatic heterocycles. The molecular formula is C25H24N6O3S. The predicted molar refractivity (Wildman–Crippen MR) is 134 cm³/mol. The second-order valence-electron chi connectivity index (χ2n) is 7.61. The average Bonchev–Trinajstić information content (AvgIpc) is 3.55. The number of primary amides is 1. The van der Waals surface area contributed by atoms with Crippen molar-refractivity contribution < 1.29 is 14.4 Å². The molecule has 3 amide bonds. The summed E-state index contributed by atoms with van der Waals surface area (Å²) in [6, 6.07) is 19.6. The second-order valence-corrected chi connectivity index (χ2v) is 8.56. The molecule has 0 aliphatic heterocycles. The van der Waals surface area contributed by atoms with Crippen LogP contribution in [0.5, 0.6) is 0 Å². The Kier molecular flexibility index (Phi) is 7.32. The van der Waals surface area contributed by atoms with Crippen LogP contribution in [0.3, 0.4) is 0 Å². The second kappa shape index (κ2) is 10.7. The number of para-hydroxylation sites is 1. The number of anilines is 1. The highest BCUT2D eigenvalue weighted by Gasteiger charge is 2.23. The van der Waals surface area contributed by atoms with E-state index in [1.807, 2.05) is 54.8 Å². The van der Waals surface area contributed by atoms with E-state index in [9.17, 15) is 14.4 Å². The fraction of sp³-hybridized carbons (Fsp3) is 0.160. The lowest BCUT2D eigenvalue weighted by atomic mass is 10.2. The van der Waals surface area contributed by atoms with Crippen LogP contribution in [0.15, 0.2) is 72.1 Å². The molecule has 35 heavy (non-hydrogen) atoms. The third kappa shape index (κ3) is 5.61. The summed E-state index contributed by atoms with van der Waals surface area (Å²) in [7, 11) is 0. The number of nitrogens with one attached hydrogen (secondary N) is 1. The number of carbonyl (C=O) groups excluding carboxylic acids is 3. The minimum absolute atomic E-state index is 0.0709. The molecule has 0 saturated heterocycles. The lowest BCUT2D eigenvalue weighted by molar-refractivity contribution is -0.116. The predicted octanol–water partition coefficient (Wildman–Crippen LogP) is 3.59. The molecule has 178 valence electrons. The summed E-state index contributed by atoms with van der Waals surface area (Å²) >= 11 is 1.51. The fourth-order valence-electron chi connectivity index (χ4n) is 3.44. The molecule has 0 bridgehead atoms. The molecule has 9 nitrogen and oxygen atoms in total. The van der Waals surface area contributed by atoms with Crippen molar-refractivity contribution in [2.24, 2.45) is 5.73 Å². The number of carbonyl (C=O) groups is 3. The topological polar surface area (TPSA) is 123 Å². The first kappa shape index (κ1) is 23.8. The first-order valence-corrected chi connectivity index (χ1v) is 11.9. The van der Waals surface area contributed by atoms with Crippen LogP contribution in [0.4, 0.5) is 5.69 Å². The molecular weight excluding hydrogens is 464 g/mol. The van der Waals surface area contributed by atoms with Crippen molar-refractivity contribution in [2.75, 3.05) is 18.4 Å². The van der Waals surface area contributed by atoms with Gasteiger partial charge in [-0.25, -0.2) is 9.67 Å². The molecule has 0 aliphatic carbocycles. The summed E-state index contributed by atoms with van der Waals surface area (Å²) in [5, 5.41) is 9.21. The normalized spacial score (nSPS) is 10.7. The maximum Gasteiger partial charge on any atom is 0.293 e. The molecule has 4 rings (SSSR count). The van der Waals surface area contributed by atoms with Crippen molar-refractivity contribution in [1.82, 2.24) is 19.7 Å². The van der Waals surface area contributed by atoms with E-state index in [0.717, 1.165) is 10.6 Å². The zero-order chi connectivity index (χ0) is 24.8. The number of hydrogen-bond donors (Lipinski definition) is 2. The van der Waals surface area contributed by atoms with Gasteiger partial charge in [0.2, 0.25) is 17.6 Å². The lowest BCUT2D eigenvalue weighted by Crippen LogP contribution is -2.34. The van der Waals surface area contributed by atoms with Crippen LogP contribution in [-0.2, 0) is 4.79 Å². The number of nitrogens with two attached hydrogens (primary N) is 1. The first-order chi connectivity index (χ1) is 17.0. The summed E-state index contributed by atoms with van der Waals surface area (Å²) in [5.41, 5.74) is 6.93. The monoisotopic (exact) mass is 488 g/mol. The number of rotatable bonds is 9. The van der Waals surface area contributed by atoms with Gasteiger partial charge in [0.05, 0.1) is 10.6 Å². The molecule has 0 atom stereocenters. The molecule has 0 unspecified atom stereocenters. The van der Waals surface area contributed by atoms with Crippen molar-refractivity contribution in [3.05, 3.63) is 83.5 Å². The Balaban J connectivity index is 1.46. The molecule has 0 aliphatic rings. The van der Waals surface area contributed by atoms with Gasteiger partial charge in [-0.1, -0.05) is 24.3 Å². The van der Waals surface area contributed by atoms with Crippen LogP contribution < -0.4 is 11.1 Å². The zero-order valence-corrected chi connectivity index (χ0v) is 19.9. The SMILES string of the molecule is CCN(CCC(=O)Nc1ccc(C(N)=O)cc1)C(=O)c1nc(-c2cccs2)n(-c2ccccc2)n1. The number of amides is 3. The summed E-state index contributed by atoms with van der Waals surface area (Å²) in [6.45, 7) is 2.44. The van der Waals surface area contributed by atoms with Crippen molar-refractivity contribution in [3.8, 4) is 16.4 Å². The standard InChI is InChI=1S/C25H24N6O3S/c1-2-30(15-14-21(32)27-18-12-10-17(11-13-18)22(26)33)25(34)23-28-24(20-9-6-16-35-20)31(29-23)19-7-4-3-5-8-19/h3-13,16H,2,14-15H2,1H3,(H2,26,33)(H,27,32). The molecule has 10 heteroatoms. The number of benzene rings is 2. The van der Waals surface area contributed by atoms with E-state index in [1.165, 1.54) is 11.3 Å². The Morgan fingerprint density at radius 2 is 1.77 bits per heavy atom. The Bertz CT molecular complexity index is 1320. The van der Waals surface area contributed by atoms with Crippen molar-refractivity contribution in [2.45, 2.75) is 13.3 Å². The van der Waals surface area contributed by atoms with E-state index in [-0.39, 0.29) is 30.6 Å². The van der Waals surface area contributed by atoms with E-state index in [0.29, 0.717) is 23.6 Å². The third-order valence-corrected chi connectivity index (χ3v) is 6.14. The van der Waals surface area contributed by atoms with Crippen molar-refractivity contribution in [1.29, 1.82) is 0 Å². The molecule has 0 spiro atoms. The van der Waals surface area contributed by atoms with Crippen LogP contribution in [0.1, 0.15) is 34.3 Å². The Morgan fingerprint density at radius 1 is 1.03 bits per heavy atom. The Morgan fingerprint density at radius 3 is 2.40 bits per heavy atom. The van der Waals surface area contributed by atoms with Gasteiger partial charge in [-0.15, -0.1) is 16.4 Å². The summed E-state index contributed by atoms with van der Waals surface area (Å²) in [6.07, 6.45) is 0.0916. The summed E-state index contributed by atoms with van der Waals surface area (Å²) in [5.74, 6) is -0.487. The summed E-state index contributed by atoms with van der Waals surface area (Å²) < 4.78 is 1.66. The minimum Gasteiger partial charge on any atom is -0.366 e. The average molecular weight is 489 g/mol. The zero-order valence-electron chi connectivity index (χ0n) is 19.0. The van der Waals surface area contributed by atoms with Gasteiger partial charge in [0, 0.05) is 30.8 Å². The lowest BCUT2D eigenvalue weighted by Gasteiger charge is -2.19. The van der Waals surface area contributed by atoms with Crippen molar-refractivity contribution >= 4 is 34.7 Å². The molecule has 0 fully saturated rings. The van der Waals surface area contributed by atoms with Gasteiger partial charge >= 0.3 is 0 Å². The van der Waals surface area contributed by atoms with E-state index in [4.69, 9.17) is 5.73 Å². The number of thiophene rings is 1. The molecule has 4 aromatic rings. The van der Waals surface area contributed by atoms with Crippen LogP contribution in [0, 0.1) is 0 Å². The van der Waals surface area contributed by atoms with Crippen LogP contribution >= 0.6 is 11.3 Å². The van der Waals surface area contributed by atoms with Crippen molar-refractivity contribution in [3.63, 3.8) is 0 Å². The number of aromatic nitrogens is 3. The number of nitrogens with zero attached hydrogens (tertiary/aromatic N) is 4. The first-order valence-electron chi connectivity index (χ1n) is 11.0. The van der Waals surface area contributed by atoms with Crippen LogP contribution in [0.2, 0.25) is 0 Å². The smallest absolute Gasteiger partial charge is 0.293 e. The quantitative estimate of drug-likeness (QED) is 0.373. The highest BCUT2D eigenvalue weighted by atomic mass is 32.1. The molecule has 0 radical (unpaired) electrons. The minimum atomic E-state index is -0.537. The van der Waals surface area contributed by atoms with Gasteiger partial charge in [0.15, 0.2) is 5.82 Å². The van der Waals surface area contributed by atoms with Gasteiger partial charge < -0.3 is 16.0 Å². The van der Waals surface area contributed by atoms with Gasteiger partial charge in [-0.2, -0.15) is 0 Å². The maximum absolute atomic E-state index is 13.2. The number of hydrogen-bond acceptors (Lipinski definition) is 6. The summed E-state index contributed by atoms with van der Waals surface area (Å²) in [4.78, 5) is 43.8. The van der Waals surface area contributed by atoms with Gasteiger partial charge in [-0.3, -0.25) is 14.4 Å². The largest absolute Gasteiger partial charge is 0.366 e.